The number of imidazole rings is 1. The van der Waals surface area contributed by atoms with Crippen molar-refractivity contribution in [3.63, 3.8) is 0 Å². The molecule has 1 aromatic heterocycles. The van der Waals surface area contributed by atoms with Crippen LogP contribution < -0.4 is 0 Å². The number of aromatic nitrogens is 2. The number of hydrogen-bond acceptors (Lipinski definition) is 4. The topological polar surface area (TPSA) is 61.2 Å². The van der Waals surface area contributed by atoms with Gasteiger partial charge in [0.2, 0.25) is 15.0 Å². The minimum atomic E-state index is -3.33. The molecule has 0 amide bonds. The lowest BCUT2D eigenvalue weighted by molar-refractivity contribution is 0.194. The van der Waals surface area contributed by atoms with Crippen molar-refractivity contribution in [1.29, 1.82) is 0 Å². The van der Waals surface area contributed by atoms with E-state index in [1.807, 2.05) is 18.4 Å². The van der Waals surface area contributed by atoms with Crippen molar-refractivity contribution in [2.75, 3.05) is 19.5 Å². The van der Waals surface area contributed by atoms with E-state index in [9.17, 15) is 8.42 Å². The van der Waals surface area contributed by atoms with Crippen LogP contribution in [0.1, 0.15) is 62.4 Å². The van der Waals surface area contributed by atoms with Crippen LogP contribution in [0.4, 0.5) is 0 Å². The smallest absolute Gasteiger partial charge is 0.228 e. The molecule has 1 aliphatic rings. The average Bonchev–Trinajstić information content (AvgIpc) is 2.81. The third-order valence-electron chi connectivity index (χ3n) is 4.58. The predicted molar refractivity (Wildman–Crippen MR) is 87.0 cm³/mol. The molecule has 1 aliphatic carbocycles. The zero-order valence-corrected chi connectivity index (χ0v) is 14.8. The van der Waals surface area contributed by atoms with Gasteiger partial charge in [-0.25, -0.2) is 13.4 Å². The van der Waals surface area contributed by atoms with Gasteiger partial charge < -0.3 is 9.30 Å². The van der Waals surface area contributed by atoms with Gasteiger partial charge in [-0.3, -0.25) is 0 Å². The predicted octanol–water partition coefficient (Wildman–Crippen LogP) is 3.21. The quantitative estimate of drug-likeness (QED) is 0.721. The highest BCUT2D eigenvalue weighted by molar-refractivity contribution is 7.91. The number of sulfone groups is 1. The summed E-state index contributed by atoms with van der Waals surface area (Å²) < 4.78 is 32.4. The molecule has 126 valence electrons. The Bertz CT molecular complexity index is 587. The fourth-order valence-corrected chi connectivity index (χ4v) is 4.84. The highest BCUT2D eigenvalue weighted by Crippen LogP contribution is 2.32. The summed E-state index contributed by atoms with van der Waals surface area (Å²) in [5.41, 5.74) is 1.84. The van der Waals surface area contributed by atoms with E-state index in [2.05, 4.69) is 4.98 Å². The number of rotatable bonds is 7. The van der Waals surface area contributed by atoms with Crippen LogP contribution in [0.5, 0.6) is 0 Å². The Morgan fingerprint density at radius 3 is 2.50 bits per heavy atom. The summed E-state index contributed by atoms with van der Waals surface area (Å²) in [6, 6.07) is 0.290. The lowest BCUT2D eigenvalue weighted by Crippen LogP contribution is -2.21. The van der Waals surface area contributed by atoms with E-state index in [4.69, 9.17) is 4.74 Å². The molecule has 1 saturated carbocycles. The second-order valence-electron chi connectivity index (χ2n) is 6.25. The highest BCUT2D eigenvalue weighted by Gasteiger charge is 2.28. The largest absolute Gasteiger partial charge is 0.385 e. The number of methoxy groups -OCH3 is 1. The molecule has 0 saturated heterocycles. The molecule has 0 aromatic carbocycles. The summed E-state index contributed by atoms with van der Waals surface area (Å²) in [5, 5.41) is 0.284. The molecule has 1 heterocycles. The number of nitrogens with zero attached hydrogens (tertiary/aromatic N) is 2. The van der Waals surface area contributed by atoms with Gasteiger partial charge >= 0.3 is 0 Å². The van der Waals surface area contributed by atoms with Crippen LogP contribution in [0.25, 0.3) is 0 Å². The first-order chi connectivity index (χ1) is 10.5. The van der Waals surface area contributed by atoms with Crippen LogP contribution in [0.15, 0.2) is 5.16 Å². The summed E-state index contributed by atoms with van der Waals surface area (Å²) in [6.45, 7) is 4.49. The molecule has 1 fully saturated rings. The summed E-state index contributed by atoms with van der Waals surface area (Å²) in [5.74, 6) is 0.152. The summed E-state index contributed by atoms with van der Waals surface area (Å²) in [4.78, 5) is 4.40. The summed E-state index contributed by atoms with van der Waals surface area (Å²) in [7, 11) is -1.69. The van der Waals surface area contributed by atoms with Crippen LogP contribution in [0, 0.1) is 13.8 Å². The van der Waals surface area contributed by atoms with Crippen LogP contribution in [-0.4, -0.2) is 37.4 Å². The van der Waals surface area contributed by atoms with E-state index in [1.165, 1.54) is 19.3 Å². The van der Waals surface area contributed by atoms with E-state index in [0.717, 1.165) is 30.7 Å². The minimum absolute atomic E-state index is 0.152. The first-order valence-corrected chi connectivity index (χ1v) is 9.89. The molecular weight excluding hydrogens is 300 g/mol. The number of aryl methyl sites for hydroxylation is 1. The van der Waals surface area contributed by atoms with Gasteiger partial charge in [-0.05, 0) is 39.5 Å². The van der Waals surface area contributed by atoms with Gasteiger partial charge in [0.1, 0.15) is 0 Å². The monoisotopic (exact) mass is 328 g/mol. The molecule has 0 spiro atoms. The Morgan fingerprint density at radius 2 is 1.86 bits per heavy atom. The van der Waals surface area contributed by atoms with E-state index in [0.29, 0.717) is 19.1 Å². The Balaban J connectivity index is 2.24. The molecule has 0 unspecified atom stereocenters. The van der Waals surface area contributed by atoms with Crippen molar-refractivity contribution in [2.24, 2.45) is 0 Å². The van der Waals surface area contributed by atoms with E-state index >= 15 is 0 Å². The molecule has 0 aliphatic heterocycles. The molecule has 0 atom stereocenters. The average molecular weight is 328 g/mol. The zero-order chi connectivity index (χ0) is 16.2. The van der Waals surface area contributed by atoms with Gasteiger partial charge in [0.15, 0.2) is 0 Å². The first-order valence-electron chi connectivity index (χ1n) is 8.24. The zero-order valence-electron chi connectivity index (χ0n) is 14.0. The van der Waals surface area contributed by atoms with E-state index in [-0.39, 0.29) is 10.9 Å². The maximum Gasteiger partial charge on any atom is 0.228 e. The van der Waals surface area contributed by atoms with E-state index < -0.39 is 9.84 Å². The van der Waals surface area contributed by atoms with Gasteiger partial charge in [0, 0.05) is 25.5 Å². The SMILES string of the molecule is COCCCCS(=O)(=O)c1nc(C)c(C)n1C1CCCCC1. The minimum Gasteiger partial charge on any atom is -0.385 e. The fraction of sp³-hybridized carbons (Fsp3) is 0.812. The van der Waals surface area contributed by atoms with Gasteiger partial charge in [-0.1, -0.05) is 19.3 Å². The number of ether oxygens (including phenoxy) is 1. The fourth-order valence-electron chi connectivity index (χ4n) is 3.21. The maximum atomic E-state index is 12.7. The third kappa shape index (κ3) is 3.90. The lowest BCUT2D eigenvalue weighted by Gasteiger charge is -2.26. The molecular formula is C16H28N2O3S. The molecule has 1 aromatic rings. The Morgan fingerprint density at radius 1 is 1.18 bits per heavy atom. The van der Waals surface area contributed by atoms with Crippen LogP contribution in [0.2, 0.25) is 0 Å². The first kappa shape index (κ1) is 17.5. The van der Waals surface area contributed by atoms with E-state index in [1.54, 1.807) is 7.11 Å². The Kier molecular flexibility index (Phi) is 6.03. The van der Waals surface area contributed by atoms with Gasteiger partial charge in [-0.15, -0.1) is 0 Å². The van der Waals surface area contributed by atoms with Gasteiger partial charge in [-0.2, -0.15) is 0 Å². The van der Waals surface area contributed by atoms with Crippen LogP contribution in [0.3, 0.4) is 0 Å². The highest BCUT2D eigenvalue weighted by atomic mass is 32.2. The standard InChI is InChI=1S/C16H28N2O3S/c1-13-14(2)18(15-9-5-4-6-10-15)16(17-13)22(19,20)12-8-7-11-21-3/h15H,4-12H2,1-3H3. The van der Waals surface area contributed by atoms with Crippen molar-refractivity contribution in [3.05, 3.63) is 11.4 Å². The van der Waals surface area contributed by atoms with Crippen molar-refractivity contribution in [2.45, 2.75) is 70.0 Å². The maximum absolute atomic E-state index is 12.7. The second kappa shape index (κ2) is 7.59. The van der Waals surface area contributed by atoms with Crippen molar-refractivity contribution >= 4 is 9.84 Å². The summed E-state index contributed by atoms with van der Waals surface area (Å²) >= 11 is 0. The molecule has 0 radical (unpaired) electrons. The second-order valence-corrected chi connectivity index (χ2v) is 8.25. The molecule has 0 bridgehead atoms. The third-order valence-corrected chi connectivity index (χ3v) is 6.25. The van der Waals surface area contributed by atoms with Crippen LogP contribution >= 0.6 is 0 Å². The molecule has 6 heteroatoms. The Hall–Kier alpha value is -0.880. The lowest BCUT2D eigenvalue weighted by atomic mass is 9.95. The van der Waals surface area contributed by atoms with Gasteiger partial charge in [0.05, 0.1) is 11.4 Å². The molecule has 5 nitrogen and oxygen atoms in total. The summed E-state index contributed by atoms with van der Waals surface area (Å²) in [6.07, 6.45) is 7.10. The van der Waals surface area contributed by atoms with Crippen molar-refractivity contribution in [3.8, 4) is 0 Å². The Labute approximate surface area is 134 Å². The number of hydrogen-bond donors (Lipinski definition) is 0. The molecule has 0 N–H and O–H groups in total. The molecule has 2 rings (SSSR count). The van der Waals surface area contributed by atoms with Crippen molar-refractivity contribution < 1.29 is 13.2 Å². The molecule has 22 heavy (non-hydrogen) atoms. The number of unbranched alkanes of at least 4 members (excludes halogenated alkanes) is 1. The van der Waals surface area contributed by atoms with Crippen molar-refractivity contribution in [1.82, 2.24) is 9.55 Å². The van der Waals surface area contributed by atoms with Crippen LogP contribution in [-0.2, 0) is 14.6 Å². The normalized spacial score (nSPS) is 17.0. The van der Waals surface area contributed by atoms with Gasteiger partial charge in [0.25, 0.3) is 0 Å².